The Labute approximate surface area is 260 Å². The summed E-state index contributed by atoms with van der Waals surface area (Å²) in [6.45, 7) is 13.5. The molecule has 0 unspecified atom stereocenters. The second-order valence-corrected chi connectivity index (χ2v) is 13.3. The van der Waals surface area contributed by atoms with E-state index in [4.69, 9.17) is 14.2 Å². The van der Waals surface area contributed by atoms with Crippen molar-refractivity contribution in [2.24, 2.45) is 11.8 Å². The molecular formula is C30H41N5O6S2. The van der Waals surface area contributed by atoms with Crippen molar-refractivity contribution in [3.8, 4) is 11.5 Å². The van der Waals surface area contributed by atoms with E-state index in [2.05, 4.69) is 25.9 Å². The second kappa shape index (κ2) is 14.6. The van der Waals surface area contributed by atoms with Gasteiger partial charge in [-0.15, -0.1) is 22.7 Å². The van der Waals surface area contributed by atoms with E-state index in [1.54, 1.807) is 57.9 Å². The van der Waals surface area contributed by atoms with Gasteiger partial charge in [0.25, 0.3) is 11.8 Å². The fourth-order valence-corrected chi connectivity index (χ4v) is 6.05. The van der Waals surface area contributed by atoms with Crippen LogP contribution >= 0.6 is 22.7 Å². The Bertz CT molecular complexity index is 1410. The number of nitrogens with zero attached hydrogens (tertiary/aromatic N) is 2. The topological polar surface area (TPSA) is 141 Å². The minimum absolute atomic E-state index is 0.00933. The van der Waals surface area contributed by atoms with Gasteiger partial charge in [0.2, 0.25) is 0 Å². The van der Waals surface area contributed by atoms with Crippen LogP contribution in [-0.2, 0) is 11.3 Å². The number of aromatic nitrogens is 2. The standard InChI is InChI=1S/C30H41N5O6S2/c1-16(2)23(27-32-20(14-42-27)25(36)31-13-18-10-11-19(39-8)12-22(18)40-9)34-26(37)21-15-43-28(33-21)24(17(3)4)35-29(38)41-30(5,6)7/h10-12,14-17,23-24H,13H2,1-9H3,(H,31,36)(H,34,37)(H,35,38)/t23-,24-/m0/s1. The molecule has 2 aromatic heterocycles. The number of amides is 3. The van der Waals surface area contributed by atoms with Crippen LogP contribution in [0.2, 0.25) is 0 Å². The highest BCUT2D eigenvalue weighted by molar-refractivity contribution is 7.10. The Kier molecular flexibility index (Phi) is 11.5. The van der Waals surface area contributed by atoms with E-state index in [1.807, 2.05) is 33.8 Å². The van der Waals surface area contributed by atoms with Crippen LogP contribution < -0.4 is 25.4 Å². The van der Waals surface area contributed by atoms with Crippen LogP contribution in [0.1, 0.15) is 97.1 Å². The number of carbonyl (C=O) groups excluding carboxylic acids is 3. The van der Waals surface area contributed by atoms with E-state index in [-0.39, 0.29) is 41.6 Å². The van der Waals surface area contributed by atoms with Crippen molar-refractivity contribution in [2.75, 3.05) is 14.2 Å². The normalized spacial score (nSPS) is 12.9. The number of benzene rings is 1. The zero-order chi connectivity index (χ0) is 31.9. The molecule has 3 aromatic rings. The van der Waals surface area contributed by atoms with Gasteiger partial charge in [-0.1, -0.05) is 27.7 Å². The molecule has 0 spiro atoms. The van der Waals surface area contributed by atoms with Crippen LogP contribution in [0.3, 0.4) is 0 Å². The van der Waals surface area contributed by atoms with E-state index in [9.17, 15) is 14.4 Å². The summed E-state index contributed by atoms with van der Waals surface area (Å²) in [5.41, 5.74) is 0.663. The molecule has 0 saturated heterocycles. The van der Waals surface area contributed by atoms with Gasteiger partial charge in [0.05, 0.1) is 26.3 Å². The first-order chi connectivity index (χ1) is 20.2. The molecule has 0 fully saturated rings. The number of carbonyl (C=O) groups is 3. The number of hydrogen-bond acceptors (Lipinski definition) is 10. The minimum atomic E-state index is -0.633. The van der Waals surface area contributed by atoms with Crippen molar-refractivity contribution in [3.05, 3.63) is 55.9 Å². The maximum atomic E-state index is 13.3. The molecule has 11 nitrogen and oxygen atoms in total. The molecule has 3 rings (SSSR count). The molecule has 0 aliphatic rings. The van der Waals surface area contributed by atoms with Crippen LogP contribution in [0.5, 0.6) is 11.5 Å². The molecule has 2 heterocycles. The second-order valence-electron chi connectivity index (χ2n) is 11.6. The van der Waals surface area contributed by atoms with E-state index >= 15 is 0 Å². The van der Waals surface area contributed by atoms with Crippen LogP contribution in [-0.4, -0.2) is 47.7 Å². The molecule has 2 atom stereocenters. The number of rotatable bonds is 12. The Hall–Kier alpha value is -3.71. The van der Waals surface area contributed by atoms with E-state index in [1.165, 1.54) is 22.7 Å². The molecule has 43 heavy (non-hydrogen) atoms. The molecule has 0 radical (unpaired) electrons. The Morgan fingerprint density at radius 2 is 1.40 bits per heavy atom. The summed E-state index contributed by atoms with van der Waals surface area (Å²) in [5.74, 6) is 0.564. The fraction of sp³-hybridized carbons (Fsp3) is 0.500. The number of hydrogen-bond donors (Lipinski definition) is 3. The highest BCUT2D eigenvalue weighted by Crippen LogP contribution is 2.29. The smallest absolute Gasteiger partial charge is 0.408 e. The van der Waals surface area contributed by atoms with Crippen LogP contribution in [0, 0.1) is 11.8 Å². The maximum Gasteiger partial charge on any atom is 0.408 e. The summed E-state index contributed by atoms with van der Waals surface area (Å²) >= 11 is 2.60. The largest absolute Gasteiger partial charge is 0.497 e. The molecule has 1 aromatic carbocycles. The summed E-state index contributed by atoms with van der Waals surface area (Å²) in [6.07, 6.45) is -0.543. The van der Waals surface area contributed by atoms with Gasteiger partial charge >= 0.3 is 6.09 Å². The third-order valence-corrected chi connectivity index (χ3v) is 8.12. The van der Waals surface area contributed by atoms with Crippen molar-refractivity contribution in [2.45, 2.75) is 72.7 Å². The monoisotopic (exact) mass is 631 g/mol. The van der Waals surface area contributed by atoms with Crippen molar-refractivity contribution in [3.63, 3.8) is 0 Å². The van der Waals surface area contributed by atoms with Gasteiger partial charge < -0.3 is 30.2 Å². The Balaban J connectivity index is 1.68. The highest BCUT2D eigenvalue weighted by atomic mass is 32.1. The van der Waals surface area contributed by atoms with Gasteiger partial charge in [-0.25, -0.2) is 14.8 Å². The lowest BCUT2D eigenvalue weighted by Gasteiger charge is -2.24. The van der Waals surface area contributed by atoms with E-state index < -0.39 is 23.8 Å². The number of nitrogens with one attached hydrogen (secondary N) is 3. The predicted octanol–water partition coefficient (Wildman–Crippen LogP) is 5.90. The maximum absolute atomic E-state index is 13.3. The first-order valence-electron chi connectivity index (χ1n) is 13.9. The van der Waals surface area contributed by atoms with Gasteiger partial charge in [0, 0.05) is 28.9 Å². The average molecular weight is 632 g/mol. The van der Waals surface area contributed by atoms with Crippen LogP contribution in [0.25, 0.3) is 0 Å². The molecule has 0 aliphatic carbocycles. The first-order valence-corrected chi connectivity index (χ1v) is 15.7. The first kappa shape index (κ1) is 33.8. The third kappa shape index (κ3) is 9.39. The molecule has 13 heteroatoms. The van der Waals surface area contributed by atoms with E-state index in [0.717, 1.165) is 5.56 Å². The van der Waals surface area contributed by atoms with Gasteiger partial charge in [-0.3, -0.25) is 9.59 Å². The van der Waals surface area contributed by atoms with E-state index in [0.29, 0.717) is 21.5 Å². The quantitative estimate of drug-likeness (QED) is 0.225. The fourth-order valence-electron chi connectivity index (χ4n) is 4.01. The zero-order valence-corrected chi connectivity index (χ0v) is 27.7. The number of alkyl carbamates (subject to hydrolysis) is 1. The van der Waals surface area contributed by atoms with Crippen molar-refractivity contribution in [1.82, 2.24) is 25.9 Å². The van der Waals surface area contributed by atoms with Crippen LogP contribution in [0.4, 0.5) is 4.79 Å². The van der Waals surface area contributed by atoms with Gasteiger partial charge in [-0.05, 0) is 44.7 Å². The summed E-state index contributed by atoms with van der Waals surface area (Å²) in [4.78, 5) is 47.6. The SMILES string of the molecule is COc1ccc(CNC(=O)c2csc([C@@H](NC(=O)c3csc([C@@H](NC(=O)OC(C)(C)C)C(C)C)n3)C(C)C)n2)c(OC)c1. The van der Waals surface area contributed by atoms with Crippen LogP contribution in [0.15, 0.2) is 29.0 Å². The number of methoxy groups -OCH3 is 2. The number of ether oxygens (including phenoxy) is 3. The molecule has 3 amide bonds. The van der Waals surface area contributed by atoms with Crippen molar-refractivity contribution >= 4 is 40.6 Å². The molecule has 3 N–H and O–H groups in total. The Morgan fingerprint density at radius 3 is 1.91 bits per heavy atom. The number of thiazole rings is 2. The third-order valence-electron chi connectivity index (χ3n) is 6.27. The van der Waals surface area contributed by atoms with Gasteiger partial charge in [0.15, 0.2) is 0 Å². The van der Waals surface area contributed by atoms with Crippen molar-refractivity contribution < 1.29 is 28.6 Å². The van der Waals surface area contributed by atoms with Gasteiger partial charge in [-0.2, -0.15) is 0 Å². The molecular weight excluding hydrogens is 590 g/mol. The molecule has 0 aliphatic heterocycles. The summed E-state index contributed by atoms with van der Waals surface area (Å²) in [7, 11) is 3.13. The summed E-state index contributed by atoms with van der Waals surface area (Å²) in [5, 5.41) is 13.3. The predicted molar refractivity (Wildman–Crippen MR) is 167 cm³/mol. The summed E-state index contributed by atoms with van der Waals surface area (Å²) < 4.78 is 16.0. The van der Waals surface area contributed by atoms with Crippen molar-refractivity contribution in [1.29, 1.82) is 0 Å². The lowest BCUT2D eigenvalue weighted by Crippen LogP contribution is -2.37. The zero-order valence-electron chi connectivity index (χ0n) is 26.1. The van der Waals surface area contributed by atoms with Gasteiger partial charge in [0.1, 0.15) is 38.5 Å². The average Bonchev–Trinajstić information content (AvgIpc) is 3.62. The summed E-state index contributed by atoms with van der Waals surface area (Å²) in [6, 6.07) is 4.53. The molecule has 0 saturated carbocycles. The minimum Gasteiger partial charge on any atom is -0.497 e. The molecule has 0 bridgehead atoms. The molecule has 234 valence electrons. The lowest BCUT2D eigenvalue weighted by atomic mass is 10.0. The highest BCUT2D eigenvalue weighted by Gasteiger charge is 2.28. The lowest BCUT2D eigenvalue weighted by molar-refractivity contribution is 0.0489. The Morgan fingerprint density at radius 1 is 0.837 bits per heavy atom.